The van der Waals surface area contributed by atoms with Crippen LogP contribution in [0.1, 0.15) is 21.7 Å². The minimum Gasteiger partial charge on any atom is -0.406 e. The van der Waals surface area contributed by atoms with Gasteiger partial charge in [0.15, 0.2) is 5.78 Å². The number of nitrogens with one attached hydrogen (secondary N) is 1. The van der Waals surface area contributed by atoms with Gasteiger partial charge in [0.2, 0.25) is 5.91 Å². The number of benzene rings is 1. The quantitative estimate of drug-likeness (QED) is 0.441. The van der Waals surface area contributed by atoms with E-state index in [1.54, 1.807) is 6.08 Å². The summed E-state index contributed by atoms with van der Waals surface area (Å²) in [6.07, 6.45) is -2.95. The smallest absolute Gasteiger partial charge is 0.406 e. The second kappa shape index (κ2) is 10.9. The first-order valence-corrected chi connectivity index (χ1v) is 11.0. The number of amides is 1. The summed E-state index contributed by atoms with van der Waals surface area (Å²) < 4.78 is 42.6. The Balaban J connectivity index is 1.44. The second-order valence-corrected chi connectivity index (χ2v) is 8.28. The van der Waals surface area contributed by atoms with Gasteiger partial charge in [-0.15, -0.1) is 19.8 Å². The molecule has 0 atom stereocenters. The first-order chi connectivity index (χ1) is 16.1. The third kappa shape index (κ3) is 6.94. The summed E-state index contributed by atoms with van der Waals surface area (Å²) in [6.45, 7) is 11.4. The fraction of sp³-hybridized carbons (Fsp3) is 0.417. The van der Waals surface area contributed by atoms with Gasteiger partial charge < -0.3 is 14.6 Å². The minimum absolute atomic E-state index is 0.0764. The van der Waals surface area contributed by atoms with Crippen LogP contribution in [0.3, 0.4) is 0 Å². The highest BCUT2D eigenvalue weighted by Crippen LogP contribution is 2.24. The standard InChI is InChI=1S/C24H29F3N4O3/c1-4-9-31-17(2)14-21(18(31)3)22(32)15-29-10-12-30(13-11-29)16-23(33)28-19-5-7-20(8-6-19)34-24(25,26)27/h4-8,14H,1,9-13,15-16H2,2-3H3,(H,28,33). The normalized spacial score (nSPS) is 15.2. The van der Waals surface area contributed by atoms with E-state index in [1.807, 2.05) is 24.8 Å². The number of Topliss-reactive ketones (excluding diaryl/α,β-unsaturated/α-hetero) is 1. The number of aromatic nitrogens is 1. The monoisotopic (exact) mass is 478 g/mol. The summed E-state index contributed by atoms with van der Waals surface area (Å²) in [7, 11) is 0. The molecule has 34 heavy (non-hydrogen) atoms. The Bertz CT molecular complexity index is 1020. The Morgan fingerprint density at radius 1 is 1.06 bits per heavy atom. The number of nitrogens with zero attached hydrogens (tertiary/aromatic N) is 3. The number of anilines is 1. The Hall–Kier alpha value is -3.11. The predicted molar refractivity (Wildman–Crippen MR) is 123 cm³/mol. The van der Waals surface area contributed by atoms with Crippen molar-refractivity contribution in [2.24, 2.45) is 0 Å². The predicted octanol–water partition coefficient (Wildman–Crippen LogP) is 3.63. The molecule has 1 aromatic heterocycles. The first kappa shape index (κ1) is 25.5. The van der Waals surface area contributed by atoms with Crippen LogP contribution < -0.4 is 10.1 Å². The highest BCUT2D eigenvalue weighted by atomic mass is 19.4. The van der Waals surface area contributed by atoms with Crippen molar-refractivity contribution in [2.45, 2.75) is 26.8 Å². The lowest BCUT2D eigenvalue weighted by molar-refractivity contribution is -0.274. The van der Waals surface area contributed by atoms with Gasteiger partial charge in [0.05, 0.1) is 13.1 Å². The van der Waals surface area contributed by atoms with E-state index in [2.05, 4.69) is 26.1 Å². The van der Waals surface area contributed by atoms with Crippen molar-refractivity contribution in [1.29, 1.82) is 0 Å². The number of halogens is 3. The molecular weight excluding hydrogens is 449 g/mol. The molecule has 1 amide bonds. The average molecular weight is 479 g/mol. The molecule has 0 saturated carbocycles. The van der Waals surface area contributed by atoms with Crippen LogP contribution in [0.5, 0.6) is 5.75 Å². The maximum atomic E-state index is 12.8. The number of allylic oxidation sites excluding steroid dienone is 1. The molecule has 7 nitrogen and oxygen atoms in total. The third-order valence-corrected chi connectivity index (χ3v) is 5.76. The van der Waals surface area contributed by atoms with E-state index in [0.717, 1.165) is 29.1 Å². The third-order valence-electron chi connectivity index (χ3n) is 5.76. The summed E-state index contributed by atoms with van der Waals surface area (Å²) >= 11 is 0. The lowest BCUT2D eigenvalue weighted by atomic mass is 10.1. The zero-order valence-electron chi connectivity index (χ0n) is 19.3. The number of piperazine rings is 1. The lowest BCUT2D eigenvalue weighted by Gasteiger charge is -2.33. The van der Waals surface area contributed by atoms with Gasteiger partial charge in [-0.25, -0.2) is 0 Å². The number of rotatable bonds is 9. The van der Waals surface area contributed by atoms with Crippen molar-refractivity contribution in [1.82, 2.24) is 14.4 Å². The molecule has 2 heterocycles. The molecule has 1 aromatic carbocycles. The number of ketones is 1. The molecule has 0 aliphatic carbocycles. The van der Waals surface area contributed by atoms with Crippen LogP contribution in [0.25, 0.3) is 0 Å². The van der Waals surface area contributed by atoms with Crippen LogP contribution in [-0.4, -0.2) is 71.7 Å². The number of hydrogen-bond donors (Lipinski definition) is 1. The van der Waals surface area contributed by atoms with Crippen molar-refractivity contribution in [3.63, 3.8) is 0 Å². The minimum atomic E-state index is -4.76. The SMILES string of the molecule is C=CCn1c(C)cc(C(=O)CN2CCN(CC(=O)Nc3ccc(OC(F)(F)F)cc3)CC2)c1C. The number of carbonyl (C=O) groups is 2. The second-order valence-electron chi connectivity index (χ2n) is 8.28. The fourth-order valence-corrected chi connectivity index (χ4v) is 4.03. The number of aryl methyl sites for hydroxylation is 1. The maximum absolute atomic E-state index is 12.8. The van der Waals surface area contributed by atoms with Gasteiger partial charge in [-0.05, 0) is 44.2 Å². The van der Waals surface area contributed by atoms with Crippen LogP contribution in [0.4, 0.5) is 18.9 Å². The van der Waals surface area contributed by atoms with E-state index in [1.165, 1.54) is 12.1 Å². The van der Waals surface area contributed by atoms with Gasteiger partial charge in [-0.1, -0.05) is 6.08 Å². The van der Waals surface area contributed by atoms with Gasteiger partial charge in [-0.3, -0.25) is 19.4 Å². The summed E-state index contributed by atoms with van der Waals surface area (Å²) in [5.41, 5.74) is 3.08. The van der Waals surface area contributed by atoms with Gasteiger partial charge in [0.1, 0.15) is 5.75 Å². The molecule has 0 bridgehead atoms. The molecule has 1 N–H and O–H groups in total. The van der Waals surface area contributed by atoms with Crippen LogP contribution >= 0.6 is 0 Å². The van der Waals surface area contributed by atoms with Crippen LogP contribution in [-0.2, 0) is 11.3 Å². The molecule has 1 aliphatic heterocycles. The zero-order valence-corrected chi connectivity index (χ0v) is 19.3. The van der Waals surface area contributed by atoms with Crippen LogP contribution in [0, 0.1) is 13.8 Å². The number of hydrogen-bond acceptors (Lipinski definition) is 5. The van der Waals surface area contributed by atoms with Crippen molar-refractivity contribution in [2.75, 3.05) is 44.6 Å². The number of ether oxygens (including phenoxy) is 1. The largest absolute Gasteiger partial charge is 0.573 e. The van der Waals surface area contributed by atoms with Crippen molar-refractivity contribution in [3.05, 3.63) is 59.9 Å². The van der Waals surface area contributed by atoms with Gasteiger partial charge in [-0.2, -0.15) is 0 Å². The summed E-state index contributed by atoms with van der Waals surface area (Å²) in [4.78, 5) is 29.2. The molecule has 10 heteroatoms. The maximum Gasteiger partial charge on any atom is 0.573 e. The molecule has 3 rings (SSSR count). The molecule has 0 spiro atoms. The van der Waals surface area contributed by atoms with Crippen LogP contribution in [0.2, 0.25) is 0 Å². The zero-order chi connectivity index (χ0) is 24.9. The van der Waals surface area contributed by atoms with Crippen molar-refractivity contribution in [3.8, 4) is 5.75 Å². The van der Waals surface area contributed by atoms with Gasteiger partial charge in [0.25, 0.3) is 0 Å². The molecule has 1 fully saturated rings. The van der Waals surface area contributed by atoms with E-state index in [0.29, 0.717) is 45.0 Å². The van der Waals surface area contributed by atoms with Crippen molar-refractivity contribution < 1.29 is 27.5 Å². The Kier molecular flexibility index (Phi) is 8.16. The summed E-state index contributed by atoms with van der Waals surface area (Å²) in [6, 6.07) is 6.92. The highest BCUT2D eigenvalue weighted by molar-refractivity contribution is 5.99. The Morgan fingerprint density at radius 2 is 1.65 bits per heavy atom. The van der Waals surface area contributed by atoms with E-state index in [4.69, 9.17) is 0 Å². The average Bonchev–Trinajstić information content (AvgIpc) is 3.04. The molecule has 2 aromatic rings. The Labute approximate surface area is 196 Å². The number of carbonyl (C=O) groups excluding carboxylic acids is 2. The van der Waals surface area contributed by atoms with E-state index in [9.17, 15) is 22.8 Å². The molecule has 0 radical (unpaired) electrons. The molecule has 1 aliphatic rings. The molecular formula is C24H29F3N4O3. The van der Waals surface area contributed by atoms with Gasteiger partial charge >= 0.3 is 6.36 Å². The highest BCUT2D eigenvalue weighted by Gasteiger charge is 2.31. The fourth-order valence-electron chi connectivity index (χ4n) is 4.03. The molecule has 0 unspecified atom stereocenters. The molecule has 1 saturated heterocycles. The van der Waals surface area contributed by atoms with Gasteiger partial charge in [0, 0.05) is 55.4 Å². The molecule has 184 valence electrons. The van der Waals surface area contributed by atoms with E-state index in [-0.39, 0.29) is 24.0 Å². The van der Waals surface area contributed by atoms with Crippen molar-refractivity contribution >= 4 is 17.4 Å². The summed E-state index contributed by atoms with van der Waals surface area (Å²) in [5.74, 6) is -0.532. The lowest BCUT2D eigenvalue weighted by Crippen LogP contribution is -2.49. The van der Waals surface area contributed by atoms with Crippen LogP contribution in [0.15, 0.2) is 43.0 Å². The van der Waals surface area contributed by atoms with E-state index < -0.39 is 6.36 Å². The Morgan fingerprint density at radius 3 is 2.21 bits per heavy atom. The number of alkyl halides is 3. The topological polar surface area (TPSA) is 66.8 Å². The van der Waals surface area contributed by atoms with E-state index >= 15 is 0 Å². The summed E-state index contributed by atoms with van der Waals surface area (Å²) in [5, 5.41) is 2.67. The first-order valence-electron chi connectivity index (χ1n) is 11.0.